The van der Waals surface area contributed by atoms with E-state index in [0.717, 1.165) is 5.69 Å². The summed E-state index contributed by atoms with van der Waals surface area (Å²) in [5, 5.41) is 17.7. The maximum atomic E-state index is 12.7. The average Bonchev–Trinajstić information content (AvgIpc) is 3.11. The van der Waals surface area contributed by atoms with Crippen LogP contribution in [0.5, 0.6) is 0 Å². The summed E-state index contributed by atoms with van der Waals surface area (Å²) in [5.41, 5.74) is 0.594. The number of aryl methyl sites for hydroxylation is 1. The molecule has 0 unspecified atom stereocenters. The Morgan fingerprint density at radius 3 is 2.43 bits per heavy atom. The SMILES string of the molecule is Cn1ccc(CNC(=O)C2CCN(S(=O)(=O)c3ccc([N+](=O)[O-])cc3)CC2)n1. The number of nitro groups is 1. The molecule has 0 aliphatic carbocycles. The van der Waals surface area contributed by atoms with Gasteiger partial charge in [0.2, 0.25) is 15.9 Å². The number of rotatable bonds is 6. The minimum Gasteiger partial charge on any atom is -0.350 e. The molecule has 0 spiro atoms. The lowest BCUT2D eigenvalue weighted by Gasteiger charge is -2.30. The Hall–Kier alpha value is -2.79. The van der Waals surface area contributed by atoms with Gasteiger partial charge in [0.1, 0.15) is 0 Å². The van der Waals surface area contributed by atoms with E-state index in [1.807, 2.05) is 6.07 Å². The molecule has 1 aromatic carbocycles. The second-order valence-electron chi connectivity index (χ2n) is 6.63. The minimum atomic E-state index is -3.74. The molecule has 0 atom stereocenters. The van der Waals surface area contributed by atoms with E-state index < -0.39 is 14.9 Å². The number of nitrogens with zero attached hydrogens (tertiary/aromatic N) is 4. The molecule has 10 nitrogen and oxygen atoms in total. The zero-order chi connectivity index (χ0) is 20.3. The molecule has 11 heteroatoms. The molecule has 150 valence electrons. The Bertz CT molecular complexity index is 962. The van der Waals surface area contributed by atoms with Gasteiger partial charge in [0.25, 0.3) is 5.69 Å². The zero-order valence-corrected chi connectivity index (χ0v) is 16.1. The van der Waals surface area contributed by atoms with E-state index in [2.05, 4.69) is 10.4 Å². The number of carbonyl (C=O) groups excluding carboxylic acids is 1. The molecule has 3 rings (SSSR count). The highest BCUT2D eigenvalue weighted by Crippen LogP contribution is 2.25. The lowest BCUT2D eigenvalue weighted by Crippen LogP contribution is -2.42. The standard InChI is InChI=1S/C17H21N5O5S/c1-20-9-8-14(19-20)12-18-17(23)13-6-10-21(11-7-13)28(26,27)16-4-2-15(3-5-16)22(24)25/h2-5,8-9,13H,6-7,10-12H2,1H3,(H,18,23). The van der Waals surface area contributed by atoms with Crippen LogP contribution < -0.4 is 5.32 Å². The Balaban J connectivity index is 1.56. The molecule has 1 amide bonds. The number of nitro benzene ring substituents is 1. The second-order valence-corrected chi connectivity index (χ2v) is 8.57. The van der Waals surface area contributed by atoms with Gasteiger partial charge in [0.15, 0.2) is 0 Å². The molecule has 2 aromatic rings. The van der Waals surface area contributed by atoms with Crippen molar-refractivity contribution in [3.8, 4) is 0 Å². The normalized spacial score (nSPS) is 16.0. The van der Waals surface area contributed by atoms with E-state index >= 15 is 0 Å². The van der Waals surface area contributed by atoms with E-state index in [0.29, 0.717) is 19.4 Å². The number of amides is 1. The quantitative estimate of drug-likeness (QED) is 0.563. The van der Waals surface area contributed by atoms with E-state index in [4.69, 9.17) is 0 Å². The minimum absolute atomic E-state index is 0.0103. The van der Waals surface area contributed by atoms with Crippen LogP contribution in [0.3, 0.4) is 0 Å². The average molecular weight is 407 g/mol. The molecular formula is C17H21N5O5S. The topological polar surface area (TPSA) is 127 Å². The summed E-state index contributed by atoms with van der Waals surface area (Å²) in [4.78, 5) is 22.5. The van der Waals surface area contributed by atoms with E-state index in [1.165, 1.54) is 28.6 Å². The van der Waals surface area contributed by atoms with Crippen molar-refractivity contribution in [2.45, 2.75) is 24.3 Å². The number of benzene rings is 1. The lowest BCUT2D eigenvalue weighted by atomic mass is 9.97. The van der Waals surface area contributed by atoms with Crippen molar-refractivity contribution >= 4 is 21.6 Å². The Morgan fingerprint density at radius 1 is 1.25 bits per heavy atom. The predicted molar refractivity (Wildman–Crippen MR) is 99.6 cm³/mol. The van der Waals surface area contributed by atoms with Gasteiger partial charge >= 0.3 is 0 Å². The molecular weight excluding hydrogens is 386 g/mol. The largest absolute Gasteiger partial charge is 0.350 e. The van der Waals surface area contributed by atoms with Crippen LogP contribution in [0.2, 0.25) is 0 Å². The molecule has 1 saturated heterocycles. The van der Waals surface area contributed by atoms with Crippen LogP contribution in [0.15, 0.2) is 41.4 Å². The third-order valence-electron chi connectivity index (χ3n) is 4.72. The lowest BCUT2D eigenvalue weighted by molar-refractivity contribution is -0.384. The molecule has 1 aliphatic heterocycles. The fraction of sp³-hybridized carbons (Fsp3) is 0.412. The van der Waals surface area contributed by atoms with E-state index in [9.17, 15) is 23.3 Å². The molecule has 28 heavy (non-hydrogen) atoms. The number of hydrogen-bond donors (Lipinski definition) is 1. The van der Waals surface area contributed by atoms with Gasteiger partial charge in [-0.2, -0.15) is 9.40 Å². The fourth-order valence-corrected chi connectivity index (χ4v) is 4.60. The van der Waals surface area contributed by atoms with Crippen molar-refractivity contribution in [1.29, 1.82) is 0 Å². The fourth-order valence-electron chi connectivity index (χ4n) is 3.13. The Labute approximate surface area is 162 Å². The van der Waals surface area contributed by atoms with Gasteiger partial charge < -0.3 is 5.32 Å². The summed E-state index contributed by atoms with van der Waals surface area (Å²) in [6, 6.07) is 6.63. The maximum absolute atomic E-state index is 12.7. The summed E-state index contributed by atoms with van der Waals surface area (Å²) < 4.78 is 28.4. The van der Waals surface area contributed by atoms with Gasteiger partial charge in [-0.25, -0.2) is 8.42 Å². The van der Waals surface area contributed by atoms with Crippen molar-refractivity contribution < 1.29 is 18.1 Å². The summed E-state index contributed by atoms with van der Waals surface area (Å²) in [6.45, 7) is 0.781. The number of piperidine rings is 1. The smallest absolute Gasteiger partial charge is 0.269 e. The van der Waals surface area contributed by atoms with Gasteiger partial charge in [-0.3, -0.25) is 19.6 Å². The van der Waals surface area contributed by atoms with Crippen LogP contribution in [0.1, 0.15) is 18.5 Å². The van der Waals surface area contributed by atoms with Crippen LogP contribution >= 0.6 is 0 Å². The molecule has 2 heterocycles. The Kier molecular flexibility index (Phi) is 5.75. The first-order valence-electron chi connectivity index (χ1n) is 8.78. The van der Waals surface area contributed by atoms with Crippen molar-refractivity contribution in [2.75, 3.05) is 13.1 Å². The maximum Gasteiger partial charge on any atom is 0.269 e. The number of non-ortho nitro benzene ring substituents is 1. The van der Waals surface area contributed by atoms with Gasteiger partial charge in [0.05, 0.1) is 22.1 Å². The first kappa shape index (κ1) is 20.0. The third kappa shape index (κ3) is 4.37. The van der Waals surface area contributed by atoms with Crippen molar-refractivity contribution in [3.63, 3.8) is 0 Å². The molecule has 1 fully saturated rings. The monoisotopic (exact) mass is 407 g/mol. The molecule has 0 radical (unpaired) electrons. The van der Waals surface area contributed by atoms with Crippen molar-refractivity contribution in [3.05, 3.63) is 52.3 Å². The van der Waals surface area contributed by atoms with Gasteiger partial charge in [-0.15, -0.1) is 0 Å². The summed E-state index contributed by atoms with van der Waals surface area (Å²) in [7, 11) is -1.94. The highest BCUT2D eigenvalue weighted by molar-refractivity contribution is 7.89. The highest BCUT2D eigenvalue weighted by atomic mass is 32.2. The van der Waals surface area contributed by atoms with E-state index in [-0.39, 0.29) is 35.5 Å². The second kappa shape index (κ2) is 8.07. The van der Waals surface area contributed by atoms with E-state index in [1.54, 1.807) is 17.9 Å². The number of carbonyl (C=O) groups is 1. The number of sulfonamides is 1. The van der Waals surface area contributed by atoms with Crippen molar-refractivity contribution in [1.82, 2.24) is 19.4 Å². The van der Waals surface area contributed by atoms with Crippen LogP contribution in [0.4, 0.5) is 5.69 Å². The number of aromatic nitrogens is 2. The summed E-state index contributed by atoms with van der Waals surface area (Å²) in [5.74, 6) is -0.370. The molecule has 1 aliphatic rings. The van der Waals surface area contributed by atoms with Gasteiger partial charge in [-0.05, 0) is 31.0 Å². The van der Waals surface area contributed by atoms with Crippen LogP contribution in [0.25, 0.3) is 0 Å². The molecule has 1 aromatic heterocycles. The first-order valence-corrected chi connectivity index (χ1v) is 10.2. The first-order chi connectivity index (χ1) is 13.3. The van der Waals surface area contributed by atoms with Crippen LogP contribution in [-0.4, -0.2) is 46.4 Å². The van der Waals surface area contributed by atoms with Crippen LogP contribution in [-0.2, 0) is 28.4 Å². The zero-order valence-electron chi connectivity index (χ0n) is 15.3. The molecule has 1 N–H and O–H groups in total. The third-order valence-corrected chi connectivity index (χ3v) is 6.64. The van der Waals surface area contributed by atoms with Crippen molar-refractivity contribution in [2.24, 2.45) is 13.0 Å². The summed E-state index contributed by atoms with van der Waals surface area (Å²) >= 11 is 0. The summed E-state index contributed by atoms with van der Waals surface area (Å²) in [6.07, 6.45) is 2.63. The number of nitrogens with one attached hydrogen (secondary N) is 1. The highest BCUT2D eigenvalue weighted by Gasteiger charge is 2.32. The molecule has 0 saturated carbocycles. The van der Waals surface area contributed by atoms with Crippen LogP contribution in [0, 0.1) is 16.0 Å². The van der Waals surface area contributed by atoms with Gasteiger partial charge in [-0.1, -0.05) is 0 Å². The number of hydrogen-bond acceptors (Lipinski definition) is 6. The predicted octanol–water partition coefficient (Wildman–Crippen LogP) is 1.05. The van der Waals surface area contributed by atoms with Gasteiger partial charge in [0, 0.05) is 44.4 Å². The Morgan fingerprint density at radius 2 is 1.89 bits per heavy atom. The molecule has 0 bridgehead atoms.